The minimum absolute atomic E-state index is 0.0556. The van der Waals surface area contributed by atoms with Crippen LogP contribution >= 0.6 is 23.4 Å². The fourth-order valence-corrected chi connectivity index (χ4v) is 2.74. The SMILES string of the molecule is C[C@H](Oc1ccc(F)cc1)c1nnc(SCC(=O)Nc2cccnc2Cl)o1. The van der Waals surface area contributed by atoms with Crippen molar-refractivity contribution in [1.29, 1.82) is 0 Å². The van der Waals surface area contributed by atoms with E-state index in [1.807, 2.05) is 0 Å². The van der Waals surface area contributed by atoms with Crippen LogP contribution in [0.2, 0.25) is 5.15 Å². The van der Waals surface area contributed by atoms with Gasteiger partial charge in [-0.2, -0.15) is 0 Å². The number of pyridine rings is 1. The molecule has 0 saturated carbocycles. The Labute approximate surface area is 163 Å². The van der Waals surface area contributed by atoms with Crippen LogP contribution in [0.4, 0.5) is 10.1 Å². The number of carbonyl (C=O) groups excluding carboxylic acids is 1. The molecule has 10 heteroatoms. The largest absolute Gasteiger partial charge is 0.481 e. The quantitative estimate of drug-likeness (QED) is 0.464. The number of anilines is 1. The zero-order valence-corrected chi connectivity index (χ0v) is 15.6. The summed E-state index contributed by atoms with van der Waals surface area (Å²) >= 11 is 6.97. The van der Waals surface area contributed by atoms with Crippen molar-refractivity contribution in [3.63, 3.8) is 0 Å². The highest BCUT2D eigenvalue weighted by Crippen LogP contribution is 2.24. The Balaban J connectivity index is 1.52. The first kappa shape index (κ1) is 19.1. The van der Waals surface area contributed by atoms with Gasteiger partial charge < -0.3 is 14.5 Å². The van der Waals surface area contributed by atoms with Gasteiger partial charge in [-0.25, -0.2) is 9.37 Å². The van der Waals surface area contributed by atoms with Crippen molar-refractivity contribution >= 4 is 35.0 Å². The number of aromatic nitrogens is 3. The van der Waals surface area contributed by atoms with Crippen LogP contribution in [-0.2, 0) is 4.79 Å². The number of amides is 1. The molecular weight excluding hydrogens is 395 g/mol. The van der Waals surface area contributed by atoms with Crippen molar-refractivity contribution in [2.75, 3.05) is 11.1 Å². The summed E-state index contributed by atoms with van der Waals surface area (Å²) in [5.41, 5.74) is 0.428. The van der Waals surface area contributed by atoms with Crippen LogP contribution in [0.15, 0.2) is 52.2 Å². The summed E-state index contributed by atoms with van der Waals surface area (Å²) in [5.74, 6) is 0.143. The Morgan fingerprint density at radius 2 is 2.11 bits per heavy atom. The van der Waals surface area contributed by atoms with Gasteiger partial charge in [0.15, 0.2) is 11.3 Å². The Hall–Kier alpha value is -2.65. The maximum Gasteiger partial charge on any atom is 0.277 e. The van der Waals surface area contributed by atoms with E-state index in [0.29, 0.717) is 11.4 Å². The van der Waals surface area contributed by atoms with Crippen molar-refractivity contribution in [2.45, 2.75) is 18.3 Å². The number of thioether (sulfide) groups is 1. The molecular formula is C17H14ClFN4O3S. The fourth-order valence-electron chi connectivity index (χ4n) is 2.00. The van der Waals surface area contributed by atoms with Gasteiger partial charge in [0, 0.05) is 6.20 Å². The first-order valence-electron chi connectivity index (χ1n) is 7.80. The van der Waals surface area contributed by atoms with Gasteiger partial charge in [0.25, 0.3) is 11.1 Å². The number of hydrogen-bond donors (Lipinski definition) is 1. The summed E-state index contributed by atoms with van der Waals surface area (Å²) in [6, 6.07) is 8.92. The second kappa shape index (κ2) is 8.83. The number of rotatable bonds is 7. The topological polar surface area (TPSA) is 90.1 Å². The van der Waals surface area contributed by atoms with Gasteiger partial charge in [-0.1, -0.05) is 23.4 Å². The standard InChI is InChI=1S/C17H14ClFN4O3S/c1-10(25-12-6-4-11(19)5-7-12)16-22-23-17(26-16)27-9-14(24)21-13-3-2-8-20-15(13)18/h2-8,10H,9H2,1H3,(H,21,24)/t10-/m0/s1. The molecule has 3 aromatic rings. The summed E-state index contributed by atoms with van der Waals surface area (Å²) in [7, 11) is 0. The normalized spacial score (nSPS) is 11.8. The van der Waals surface area contributed by atoms with Crippen molar-refractivity contribution in [3.8, 4) is 5.75 Å². The Morgan fingerprint density at radius 1 is 1.33 bits per heavy atom. The van der Waals surface area contributed by atoms with E-state index in [2.05, 4.69) is 20.5 Å². The lowest BCUT2D eigenvalue weighted by atomic mass is 10.3. The minimum atomic E-state index is -0.527. The molecule has 0 bridgehead atoms. The number of benzene rings is 1. The van der Waals surface area contributed by atoms with E-state index in [1.165, 1.54) is 30.5 Å². The van der Waals surface area contributed by atoms with Crippen molar-refractivity contribution in [3.05, 3.63) is 59.5 Å². The van der Waals surface area contributed by atoms with Crippen molar-refractivity contribution in [2.24, 2.45) is 0 Å². The van der Waals surface area contributed by atoms with Gasteiger partial charge >= 0.3 is 0 Å². The lowest BCUT2D eigenvalue weighted by Gasteiger charge is -2.10. The summed E-state index contributed by atoms with van der Waals surface area (Å²) < 4.78 is 24.0. The molecule has 0 saturated heterocycles. The molecule has 1 atom stereocenters. The zero-order chi connectivity index (χ0) is 19.2. The van der Waals surface area contributed by atoms with E-state index < -0.39 is 6.10 Å². The molecule has 3 rings (SSSR count). The second-order valence-corrected chi connectivity index (χ2v) is 6.58. The molecule has 1 N–H and O–H groups in total. The highest BCUT2D eigenvalue weighted by Gasteiger charge is 2.17. The van der Waals surface area contributed by atoms with E-state index >= 15 is 0 Å². The zero-order valence-electron chi connectivity index (χ0n) is 14.1. The predicted octanol–water partition coefficient (Wildman–Crippen LogP) is 4.13. The molecule has 2 heterocycles. The highest BCUT2D eigenvalue weighted by atomic mass is 35.5. The van der Waals surface area contributed by atoms with E-state index in [4.69, 9.17) is 20.8 Å². The van der Waals surface area contributed by atoms with E-state index in [-0.39, 0.29) is 33.7 Å². The van der Waals surface area contributed by atoms with Crippen LogP contribution in [0.5, 0.6) is 5.75 Å². The molecule has 7 nitrogen and oxygen atoms in total. The van der Waals surface area contributed by atoms with Crippen LogP contribution < -0.4 is 10.1 Å². The Morgan fingerprint density at radius 3 is 2.85 bits per heavy atom. The number of hydrogen-bond acceptors (Lipinski definition) is 7. The third-order valence-corrected chi connectivity index (χ3v) is 4.38. The summed E-state index contributed by atoms with van der Waals surface area (Å²) in [4.78, 5) is 15.9. The van der Waals surface area contributed by atoms with Gasteiger partial charge in [0.1, 0.15) is 11.6 Å². The molecule has 0 aliphatic carbocycles. The molecule has 0 aliphatic heterocycles. The second-order valence-electron chi connectivity index (χ2n) is 5.30. The van der Waals surface area contributed by atoms with Crippen LogP contribution in [-0.4, -0.2) is 26.8 Å². The van der Waals surface area contributed by atoms with E-state index in [1.54, 1.807) is 19.1 Å². The lowest BCUT2D eigenvalue weighted by Crippen LogP contribution is -2.14. The molecule has 2 aromatic heterocycles. The summed E-state index contributed by atoms with van der Waals surface area (Å²) in [6.45, 7) is 1.72. The molecule has 0 unspecified atom stereocenters. The summed E-state index contributed by atoms with van der Waals surface area (Å²) in [6.07, 6.45) is 1.00. The smallest absolute Gasteiger partial charge is 0.277 e. The first-order chi connectivity index (χ1) is 13.0. The third-order valence-electron chi connectivity index (χ3n) is 3.26. The lowest BCUT2D eigenvalue weighted by molar-refractivity contribution is -0.113. The Kier molecular flexibility index (Phi) is 6.25. The fraction of sp³-hybridized carbons (Fsp3) is 0.176. The molecule has 1 aromatic carbocycles. The molecule has 0 fully saturated rings. The van der Waals surface area contributed by atoms with Crippen LogP contribution in [0, 0.1) is 5.82 Å². The average molecular weight is 409 g/mol. The molecule has 140 valence electrons. The molecule has 0 aliphatic rings. The number of halogens is 2. The maximum absolute atomic E-state index is 12.9. The maximum atomic E-state index is 12.9. The van der Waals surface area contributed by atoms with E-state index in [0.717, 1.165) is 11.8 Å². The van der Waals surface area contributed by atoms with Gasteiger partial charge in [-0.05, 0) is 43.3 Å². The van der Waals surface area contributed by atoms with Gasteiger partial charge in [0.2, 0.25) is 5.91 Å². The number of carbonyl (C=O) groups is 1. The number of nitrogens with zero attached hydrogens (tertiary/aromatic N) is 3. The third kappa shape index (κ3) is 5.41. The first-order valence-corrected chi connectivity index (χ1v) is 9.16. The van der Waals surface area contributed by atoms with Gasteiger partial charge in [0.05, 0.1) is 11.4 Å². The Bertz CT molecular complexity index is 923. The molecule has 0 spiro atoms. The highest BCUT2D eigenvalue weighted by molar-refractivity contribution is 7.99. The van der Waals surface area contributed by atoms with E-state index in [9.17, 15) is 9.18 Å². The molecule has 1 amide bonds. The number of ether oxygens (including phenoxy) is 1. The van der Waals surface area contributed by atoms with Crippen LogP contribution in [0.1, 0.15) is 18.9 Å². The van der Waals surface area contributed by atoms with Crippen molar-refractivity contribution in [1.82, 2.24) is 15.2 Å². The minimum Gasteiger partial charge on any atom is -0.481 e. The summed E-state index contributed by atoms with van der Waals surface area (Å²) in [5, 5.41) is 10.9. The average Bonchev–Trinajstić information content (AvgIpc) is 3.13. The monoisotopic (exact) mass is 408 g/mol. The molecule has 0 radical (unpaired) electrons. The van der Waals surface area contributed by atoms with Gasteiger partial charge in [-0.15, -0.1) is 10.2 Å². The van der Waals surface area contributed by atoms with Gasteiger partial charge in [-0.3, -0.25) is 4.79 Å². The molecule has 27 heavy (non-hydrogen) atoms. The van der Waals surface area contributed by atoms with Crippen molar-refractivity contribution < 1.29 is 18.3 Å². The number of nitrogens with one attached hydrogen (secondary N) is 1. The van der Waals surface area contributed by atoms with Crippen LogP contribution in [0.25, 0.3) is 0 Å². The van der Waals surface area contributed by atoms with Crippen LogP contribution in [0.3, 0.4) is 0 Å². The predicted molar refractivity (Wildman–Crippen MR) is 98.3 cm³/mol.